The minimum absolute atomic E-state index is 0.0231. The van der Waals surface area contributed by atoms with E-state index in [1.165, 1.54) is 5.56 Å². The van der Waals surface area contributed by atoms with Crippen LogP contribution in [0.2, 0.25) is 0 Å². The number of ether oxygens (including phenoxy) is 2. The largest absolute Gasteiger partial charge is 0.480 e. The Labute approximate surface area is 227 Å². The molecule has 0 unspecified atom stereocenters. The summed E-state index contributed by atoms with van der Waals surface area (Å²) in [6, 6.07) is 12.7. The van der Waals surface area contributed by atoms with E-state index in [4.69, 9.17) is 19.0 Å². The number of rotatable bonds is 6. The third kappa shape index (κ3) is 4.28. The minimum Gasteiger partial charge on any atom is -0.480 e. The standard InChI is InChI=1S/C31H34N4O4/c1-18-25(19(2)39-34-18)22-15-24-27(32-16-22)26-29(23(31(3,4)36)17-33-30(26)37-5)35(24)28(20-9-7-6-8-10-20)21-11-13-38-14-12-21/h6-10,15-17,21,28,36H,11-14H2,1-5H3/t28-/m1/s1. The molecule has 0 amide bonds. The van der Waals surface area contributed by atoms with E-state index in [1.807, 2.05) is 26.1 Å². The van der Waals surface area contributed by atoms with Crippen LogP contribution >= 0.6 is 0 Å². The molecule has 0 spiro atoms. The van der Waals surface area contributed by atoms with E-state index in [9.17, 15) is 5.11 Å². The zero-order valence-electron chi connectivity index (χ0n) is 23.1. The van der Waals surface area contributed by atoms with Gasteiger partial charge < -0.3 is 23.7 Å². The van der Waals surface area contributed by atoms with E-state index >= 15 is 0 Å². The van der Waals surface area contributed by atoms with Gasteiger partial charge in [-0.2, -0.15) is 0 Å². The molecule has 1 aromatic carbocycles. The number of aryl methyl sites for hydroxylation is 2. The second-order valence-electron chi connectivity index (χ2n) is 10.9. The van der Waals surface area contributed by atoms with Crippen LogP contribution in [0, 0.1) is 19.8 Å². The second kappa shape index (κ2) is 9.77. The van der Waals surface area contributed by atoms with E-state index in [0.717, 1.165) is 76.1 Å². The van der Waals surface area contributed by atoms with Crippen LogP contribution in [0.25, 0.3) is 33.1 Å². The summed E-state index contributed by atoms with van der Waals surface area (Å²) in [6.07, 6.45) is 5.45. The van der Waals surface area contributed by atoms with Crippen LogP contribution in [0.15, 0.2) is 53.3 Å². The molecule has 0 radical (unpaired) electrons. The number of nitrogens with zero attached hydrogens (tertiary/aromatic N) is 4. The highest BCUT2D eigenvalue weighted by atomic mass is 16.5. The van der Waals surface area contributed by atoms with Gasteiger partial charge >= 0.3 is 0 Å². The number of methoxy groups -OCH3 is 1. The first-order valence-corrected chi connectivity index (χ1v) is 13.4. The van der Waals surface area contributed by atoms with E-state index in [0.29, 0.717) is 11.8 Å². The van der Waals surface area contributed by atoms with Crippen molar-refractivity contribution in [1.29, 1.82) is 0 Å². The lowest BCUT2D eigenvalue weighted by molar-refractivity contribution is 0.0548. The van der Waals surface area contributed by atoms with Gasteiger partial charge in [0.05, 0.1) is 40.9 Å². The summed E-state index contributed by atoms with van der Waals surface area (Å²) in [7, 11) is 1.63. The van der Waals surface area contributed by atoms with Crippen LogP contribution in [0.4, 0.5) is 0 Å². The summed E-state index contributed by atoms with van der Waals surface area (Å²) in [5.74, 6) is 1.55. The molecular formula is C31H34N4O4. The summed E-state index contributed by atoms with van der Waals surface area (Å²) in [5, 5.41) is 16.4. The lowest BCUT2D eigenvalue weighted by Gasteiger charge is -2.34. The Hall–Kier alpha value is -3.75. The molecule has 8 nitrogen and oxygen atoms in total. The van der Waals surface area contributed by atoms with Crippen molar-refractivity contribution in [3.05, 3.63) is 71.4 Å². The monoisotopic (exact) mass is 526 g/mol. The highest BCUT2D eigenvalue weighted by Crippen LogP contribution is 2.45. The lowest BCUT2D eigenvalue weighted by Crippen LogP contribution is -2.28. The third-order valence-corrected chi connectivity index (χ3v) is 7.93. The number of pyridine rings is 2. The number of hydrogen-bond acceptors (Lipinski definition) is 7. The van der Waals surface area contributed by atoms with Crippen molar-refractivity contribution in [3.63, 3.8) is 0 Å². The van der Waals surface area contributed by atoms with Crippen LogP contribution < -0.4 is 4.74 Å². The molecule has 6 rings (SSSR count). The van der Waals surface area contributed by atoms with Gasteiger partial charge in [-0.3, -0.25) is 4.98 Å². The molecule has 0 saturated carbocycles. The van der Waals surface area contributed by atoms with Crippen molar-refractivity contribution in [2.45, 2.75) is 52.2 Å². The Balaban J connectivity index is 1.78. The maximum absolute atomic E-state index is 11.4. The number of benzene rings is 1. The first-order valence-electron chi connectivity index (χ1n) is 13.4. The van der Waals surface area contributed by atoms with Crippen LogP contribution in [0.3, 0.4) is 0 Å². The predicted molar refractivity (Wildman–Crippen MR) is 150 cm³/mol. The highest BCUT2D eigenvalue weighted by Gasteiger charge is 2.34. The maximum atomic E-state index is 11.4. The van der Waals surface area contributed by atoms with Crippen LogP contribution in [-0.2, 0) is 10.3 Å². The maximum Gasteiger partial charge on any atom is 0.224 e. The fourth-order valence-corrected chi connectivity index (χ4v) is 6.14. The molecule has 8 heteroatoms. The van der Waals surface area contributed by atoms with E-state index in [1.54, 1.807) is 27.2 Å². The first kappa shape index (κ1) is 25.5. The summed E-state index contributed by atoms with van der Waals surface area (Å²) < 4.78 is 19.4. The normalized spacial score (nSPS) is 15.7. The Morgan fingerprint density at radius 3 is 2.46 bits per heavy atom. The fourth-order valence-electron chi connectivity index (χ4n) is 6.14. The molecule has 5 heterocycles. The minimum atomic E-state index is -1.15. The quantitative estimate of drug-likeness (QED) is 0.285. The van der Waals surface area contributed by atoms with Crippen molar-refractivity contribution in [2.75, 3.05) is 20.3 Å². The van der Waals surface area contributed by atoms with Crippen molar-refractivity contribution >= 4 is 21.9 Å². The van der Waals surface area contributed by atoms with Crippen molar-refractivity contribution in [1.82, 2.24) is 19.7 Å². The van der Waals surface area contributed by atoms with E-state index in [2.05, 4.69) is 45.0 Å². The SMILES string of the molecule is COc1ncc(C(C)(C)O)c2c1c1ncc(-c3c(C)noc3C)cc1n2[C@H](c1ccccc1)C1CCOCC1. The summed E-state index contributed by atoms with van der Waals surface area (Å²) in [4.78, 5) is 9.62. The number of fused-ring (bicyclic) bond motifs is 3. The van der Waals surface area contributed by atoms with Crippen LogP contribution in [0.5, 0.6) is 5.88 Å². The van der Waals surface area contributed by atoms with Crippen LogP contribution in [0.1, 0.15) is 55.3 Å². The molecule has 0 aliphatic carbocycles. The Morgan fingerprint density at radius 1 is 1.08 bits per heavy atom. The molecule has 1 fully saturated rings. The number of aromatic nitrogens is 4. The summed E-state index contributed by atoms with van der Waals surface area (Å²) in [5.41, 5.74) is 6.07. The van der Waals surface area contributed by atoms with Crippen molar-refractivity contribution < 1.29 is 19.1 Å². The van der Waals surface area contributed by atoms with Gasteiger partial charge in [-0.25, -0.2) is 4.98 Å². The Kier molecular flexibility index (Phi) is 6.40. The van der Waals surface area contributed by atoms with Gasteiger partial charge in [0.15, 0.2) is 0 Å². The van der Waals surface area contributed by atoms with Crippen molar-refractivity contribution in [2.24, 2.45) is 5.92 Å². The molecule has 202 valence electrons. The molecular weight excluding hydrogens is 492 g/mol. The van der Waals surface area contributed by atoms with Gasteiger partial charge in [0.25, 0.3) is 0 Å². The predicted octanol–water partition coefficient (Wildman–Crippen LogP) is 6.11. The number of hydrogen-bond donors (Lipinski definition) is 1. The fraction of sp³-hybridized carbons (Fsp3) is 0.387. The van der Waals surface area contributed by atoms with Gasteiger partial charge in [-0.15, -0.1) is 0 Å². The molecule has 4 aromatic heterocycles. The van der Waals surface area contributed by atoms with Gasteiger partial charge in [0.1, 0.15) is 11.3 Å². The molecule has 1 atom stereocenters. The van der Waals surface area contributed by atoms with Gasteiger partial charge in [-0.05, 0) is 58.1 Å². The molecule has 1 N–H and O–H groups in total. The number of aliphatic hydroxyl groups is 1. The zero-order chi connectivity index (χ0) is 27.3. The highest BCUT2D eigenvalue weighted by molar-refractivity contribution is 6.10. The van der Waals surface area contributed by atoms with E-state index in [-0.39, 0.29) is 6.04 Å². The Morgan fingerprint density at radius 2 is 1.82 bits per heavy atom. The lowest BCUT2D eigenvalue weighted by atomic mass is 9.86. The topological polar surface area (TPSA) is 95.4 Å². The second-order valence-corrected chi connectivity index (χ2v) is 10.9. The van der Waals surface area contributed by atoms with Crippen LogP contribution in [-0.4, -0.2) is 45.1 Å². The molecule has 1 saturated heterocycles. The van der Waals surface area contributed by atoms with Gasteiger partial charge in [0.2, 0.25) is 5.88 Å². The smallest absolute Gasteiger partial charge is 0.224 e. The van der Waals surface area contributed by atoms with E-state index < -0.39 is 5.60 Å². The average Bonchev–Trinajstić information content (AvgIpc) is 3.45. The van der Waals surface area contributed by atoms with Gasteiger partial charge in [-0.1, -0.05) is 35.5 Å². The third-order valence-electron chi connectivity index (χ3n) is 7.93. The van der Waals surface area contributed by atoms with Gasteiger partial charge in [0, 0.05) is 42.3 Å². The van der Waals surface area contributed by atoms with Crippen molar-refractivity contribution in [3.8, 4) is 17.0 Å². The first-order chi connectivity index (χ1) is 18.8. The molecule has 39 heavy (non-hydrogen) atoms. The Bertz CT molecular complexity index is 1620. The zero-order valence-corrected chi connectivity index (χ0v) is 23.1. The molecule has 5 aromatic rings. The molecule has 1 aliphatic rings. The average molecular weight is 527 g/mol. The summed E-state index contributed by atoms with van der Waals surface area (Å²) >= 11 is 0. The molecule has 0 bridgehead atoms. The molecule has 1 aliphatic heterocycles. The summed E-state index contributed by atoms with van der Waals surface area (Å²) in [6.45, 7) is 8.90.